The second-order valence-corrected chi connectivity index (χ2v) is 3.54. The third-order valence-corrected chi connectivity index (χ3v) is 2.32. The van der Waals surface area contributed by atoms with Crippen molar-refractivity contribution in [2.75, 3.05) is 26.4 Å². The summed E-state index contributed by atoms with van der Waals surface area (Å²) in [6, 6.07) is 0. The molecule has 0 aliphatic carbocycles. The van der Waals surface area contributed by atoms with Gasteiger partial charge in [0.05, 0.1) is 25.2 Å². The lowest BCUT2D eigenvalue weighted by Crippen LogP contribution is -2.18. The molecule has 16 heavy (non-hydrogen) atoms. The van der Waals surface area contributed by atoms with Crippen molar-refractivity contribution in [2.45, 2.75) is 26.4 Å². The highest BCUT2D eigenvalue weighted by Gasteiger charge is 1.98. The summed E-state index contributed by atoms with van der Waals surface area (Å²) in [4.78, 5) is 4.10. The number of hydrogen-bond acceptors (Lipinski definition) is 4. The second-order valence-electron chi connectivity index (χ2n) is 3.54. The summed E-state index contributed by atoms with van der Waals surface area (Å²) in [5.41, 5.74) is 1.21. The zero-order valence-electron chi connectivity index (χ0n) is 9.85. The number of aromatic nitrogens is 2. The van der Waals surface area contributed by atoms with E-state index in [-0.39, 0.29) is 6.61 Å². The topological polar surface area (TPSA) is 59.3 Å². The molecule has 0 amide bonds. The standard InChI is InChI=1S/C11H21N3O2/c1-2-14-10-13-9-11(14)8-12-4-3-6-16-7-5-15/h9-10,12,15H,2-8H2,1H3. The molecule has 5 nitrogen and oxygen atoms in total. The van der Waals surface area contributed by atoms with E-state index < -0.39 is 0 Å². The zero-order valence-corrected chi connectivity index (χ0v) is 9.85. The fourth-order valence-electron chi connectivity index (χ4n) is 1.46. The van der Waals surface area contributed by atoms with Crippen LogP contribution in [0.3, 0.4) is 0 Å². The first kappa shape index (κ1) is 13.2. The Bertz CT molecular complexity index is 276. The maximum atomic E-state index is 8.50. The average molecular weight is 227 g/mol. The molecule has 1 aromatic rings. The Morgan fingerprint density at radius 3 is 3.12 bits per heavy atom. The maximum Gasteiger partial charge on any atom is 0.0948 e. The van der Waals surface area contributed by atoms with Gasteiger partial charge in [-0.15, -0.1) is 0 Å². The molecule has 1 aromatic heterocycles. The molecular weight excluding hydrogens is 206 g/mol. The van der Waals surface area contributed by atoms with Crippen molar-refractivity contribution in [3.05, 3.63) is 18.2 Å². The van der Waals surface area contributed by atoms with Crippen molar-refractivity contribution in [1.29, 1.82) is 0 Å². The van der Waals surface area contributed by atoms with E-state index in [1.165, 1.54) is 5.69 Å². The Balaban J connectivity index is 2.03. The largest absolute Gasteiger partial charge is 0.394 e. The van der Waals surface area contributed by atoms with E-state index in [4.69, 9.17) is 9.84 Å². The van der Waals surface area contributed by atoms with Crippen LogP contribution >= 0.6 is 0 Å². The van der Waals surface area contributed by atoms with Crippen LogP contribution in [-0.2, 0) is 17.8 Å². The van der Waals surface area contributed by atoms with E-state index >= 15 is 0 Å². The van der Waals surface area contributed by atoms with Crippen molar-refractivity contribution < 1.29 is 9.84 Å². The molecule has 0 saturated carbocycles. The van der Waals surface area contributed by atoms with Gasteiger partial charge >= 0.3 is 0 Å². The molecule has 0 saturated heterocycles. The van der Waals surface area contributed by atoms with Gasteiger partial charge in [0.1, 0.15) is 0 Å². The minimum atomic E-state index is 0.100. The molecule has 0 bridgehead atoms. The number of aliphatic hydroxyl groups is 1. The minimum absolute atomic E-state index is 0.100. The van der Waals surface area contributed by atoms with Gasteiger partial charge < -0.3 is 19.7 Å². The molecule has 0 spiro atoms. The Hall–Kier alpha value is -0.910. The number of nitrogens with one attached hydrogen (secondary N) is 1. The molecule has 2 N–H and O–H groups in total. The summed E-state index contributed by atoms with van der Waals surface area (Å²) in [7, 11) is 0. The van der Waals surface area contributed by atoms with Crippen molar-refractivity contribution in [2.24, 2.45) is 0 Å². The van der Waals surface area contributed by atoms with E-state index in [1.807, 2.05) is 12.5 Å². The number of rotatable bonds is 9. The summed E-state index contributed by atoms with van der Waals surface area (Å²) in [5, 5.41) is 11.8. The first-order valence-electron chi connectivity index (χ1n) is 5.76. The fraction of sp³-hybridized carbons (Fsp3) is 0.727. The lowest BCUT2D eigenvalue weighted by atomic mass is 10.4. The predicted octanol–water partition coefficient (Wildman–Crippen LogP) is 0.392. The van der Waals surface area contributed by atoms with Crippen LogP contribution in [0.5, 0.6) is 0 Å². The van der Waals surface area contributed by atoms with Gasteiger partial charge in [-0.05, 0) is 19.9 Å². The van der Waals surface area contributed by atoms with Crippen LogP contribution in [0.15, 0.2) is 12.5 Å². The predicted molar refractivity (Wildman–Crippen MR) is 62.1 cm³/mol. The lowest BCUT2D eigenvalue weighted by molar-refractivity contribution is 0.0907. The molecule has 92 valence electrons. The number of nitrogens with zero attached hydrogens (tertiary/aromatic N) is 2. The van der Waals surface area contributed by atoms with Crippen molar-refractivity contribution >= 4 is 0 Å². The van der Waals surface area contributed by atoms with Gasteiger partial charge in [-0.3, -0.25) is 0 Å². The summed E-state index contributed by atoms with van der Waals surface area (Å²) in [6.45, 7) is 6.05. The molecule has 1 heterocycles. The number of hydrogen-bond donors (Lipinski definition) is 2. The SMILES string of the molecule is CCn1cncc1CNCCCOCCO. The van der Waals surface area contributed by atoms with Gasteiger partial charge in [0.2, 0.25) is 0 Å². The van der Waals surface area contributed by atoms with Crippen LogP contribution in [0.2, 0.25) is 0 Å². The Morgan fingerprint density at radius 2 is 2.38 bits per heavy atom. The highest BCUT2D eigenvalue weighted by atomic mass is 16.5. The van der Waals surface area contributed by atoms with E-state index in [9.17, 15) is 0 Å². The molecule has 0 radical (unpaired) electrons. The van der Waals surface area contributed by atoms with Gasteiger partial charge in [-0.1, -0.05) is 0 Å². The number of aryl methyl sites for hydroxylation is 1. The van der Waals surface area contributed by atoms with E-state index in [0.717, 1.165) is 26.1 Å². The summed E-state index contributed by atoms with van der Waals surface area (Å²) in [6.07, 6.45) is 4.69. The molecule has 0 fully saturated rings. The van der Waals surface area contributed by atoms with Crippen LogP contribution < -0.4 is 5.32 Å². The lowest BCUT2D eigenvalue weighted by Gasteiger charge is -2.07. The molecule has 0 aliphatic heterocycles. The molecule has 0 aromatic carbocycles. The second kappa shape index (κ2) is 8.27. The zero-order chi connectivity index (χ0) is 11.6. The van der Waals surface area contributed by atoms with E-state index in [1.54, 1.807) is 0 Å². The number of aliphatic hydroxyl groups excluding tert-OH is 1. The van der Waals surface area contributed by atoms with Crippen molar-refractivity contribution in [3.63, 3.8) is 0 Å². The highest BCUT2D eigenvalue weighted by molar-refractivity contribution is 4.97. The van der Waals surface area contributed by atoms with Crippen LogP contribution in [0.1, 0.15) is 19.0 Å². The van der Waals surface area contributed by atoms with E-state index in [2.05, 4.69) is 21.8 Å². The Labute approximate surface area is 96.4 Å². The van der Waals surface area contributed by atoms with Gasteiger partial charge in [-0.2, -0.15) is 0 Å². The third-order valence-electron chi connectivity index (χ3n) is 2.32. The molecule has 5 heteroatoms. The third kappa shape index (κ3) is 4.74. The van der Waals surface area contributed by atoms with Crippen LogP contribution in [0, 0.1) is 0 Å². The van der Waals surface area contributed by atoms with Crippen LogP contribution in [0.25, 0.3) is 0 Å². The van der Waals surface area contributed by atoms with Gasteiger partial charge in [0, 0.05) is 25.9 Å². The minimum Gasteiger partial charge on any atom is -0.394 e. The smallest absolute Gasteiger partial charge is 0.0948 e. The number of imidazole rings is 1. The summed E-state index contributed by atoms with van der Waals surface area (Å²) >= 11 is 0. The average Bonchev–Trinajstić information content (AvgIpc) is 2.75. The van der Waals surface area contributed by atoms with Gasteiger partial charge in [0.25, 0.3) is 0 Å². The monoisotopic (exact) mass is 227 g/mol. The van der Waals surface area contributed by atoms with Crippen molar-refractivity contribution in [3.8, 4) is 0 Å². The summed E-state index contributed by atoms with van der Waals surface area (Å²) in [5.74, 6) is 0. The maximum absolute atomic E-state index is 8.50. The summed E-state index contributed by atoms with van der Waals surface area (Å²) < 4.78 is 7.28. The van der Waals surface area contributed by atoms with Crippen LogP contribution in [0.4, 0.5) is 0 Å². The Kier molecular flexibility index (Phi) is 6.80. The van der Waals surface area contributed by atoms with Crippen LogP contribution in [-0.4, -0.2) is 41.0 Å². The first-order valence-corrected chi connectivity index (χ1v) is 5.76. The molecule has 1 rings (SSSR count). The molecule has 0 unspecified atom stereocenters. The van der Waals surface area contributed by atoms with Gasteiger partial charge in [0.15, 0.2) is 0 Å². The quantitative estimate of drug-likeness (QED) is 0.599. The number of ether oxygens (including phenoxy) is 1. The molecule has 0 aliphatic rings. The first-order chi connectivity index (χ1) is 7.88. The molecular formula is C11H21N3O2. The van der Waals surface area contributed by atoms with E-state index in [0.29, 0.717) is 13.2 Å². The van der Waals surface area contributed by atoms with Gasteiger partial charge in [-0.25, -0.2) is 4.98 Å². The Morgan fingerprint density at radius 1 is 1.50 bits per heavy atom. The molecule has 0 atom stereocenters. The fourth-order valence-corrected chi connectivity index (χ4v) is 1.46. The normalized spacial score (nSPS) is 10.9. The highest BCUT2D eigenvalue weighted by Crippen LogP contribution is 1.98. The van der Waals surface area contributed by atoms with Crippen molar-refractivity contribution in [1.82, 2.24) is 14.9 Å².